The van der Waals surface area contributed by atoms with Crippen molar-refractivity contribution < 1.29 is 9.59 Å². The van der Waals surface area contributed by atoms with Crippen LogP contribution in [0.25, 0.3) is 0 Å². The van der Waals surface area contributed by atoms with Gasteiger partial charge in [-0.25, -0.2) is 0 Å². The summed E-state index contributed by atoms with van der Waals surface area (Å²) in [5.74, 6) is 0.637. The Hall–Kier alpha value is -1.49. The van der Waals surface area contributed by atoms with Crippen LogP contribution < -0.4 is 10.2 Å². The Morgan fingerprint density at radius 2 is 1.83 bits per heavy atom. The van der Waals surface area contributed by atoms with Crippen molar-refractivity contribution in [2.75, 3.05) is 17.7 Å². The molecular weight excluding hydrogens is 320 g/mol. The molecule has 1 saturated heterocycles. The molecule has 1 atom stereocenters. The SMILES string of the molecule is CSc1ccc(N2CC(C(=O)NC3CCC(C)CC3)CC2=O)cc1. The lowest BCUT2D eigenvalue weighted by Crippen LogP contribution is -2.41. The second-order valence-electron chi connectivity index (χ2n) is 7.07. The summed E-state index contributed by atoms with van der Waals surface area (Å²) in [4.78, 5) is 27.8. The maximum atomic E-state index is 12.5. The summed E-state index contributed by atoms with van der Waals surface area (Å²) < 4.78 is 0. The van der Waals surface area contributed by atoms with Crippen LogP contribution in [0.5, 0.6) is 0 Å². The molecule has 2 fully saturated rings. The van der Waals surface area contributed by atoms with E-state index in [1.165, 1.54) is 17.7 Å². The van der Waals surface area contributed by atoms with Crippen molar-refractivity contribution in [1.29, 1.82) is 0 Å². The quantitative estimate of drug-likeness (QED) is 0.850. The Morgan fingerprint density at radius 1 is 1.17 bits per heavy atom. The Morgan fingerprint density at radius 3 is 2.46 bits per heavy atom. The average Bonchev–Trinajstić information content (AvgIpc) is 2.99. The fourth-order valence-corrected chi connectivity index (χ4v) is 4.03. The van der Waals surface area contributed by atoms with Crippen molar-refractivity contribution in [3.8, 4) is 0 Å². The summed E-state index contributed by atoms with van der Waals surface area (Å²) in [6.07, 6.45) is 6.84. The third kappa shape index (κ3) is 3.94. The summed E-state index contributed by atoms with van der Waals surface area (Å²) in [5.41, 5.74) is 0.889. The first-order valence-electron chi connectivity index (χ1n) is 8.81. The molecule has 2 aliphatic rings. The first-order valence-corrected chi connectivity index (χ1v) is 10.0. The minimum Gasteiger partial charge on any atom is -0.353 e. The van der Waals surface area contributed by atoms with Gasteiger partial charge in [-0.05, 0) is 62.1 Å². The van der Waals surface area contributed by atoms with Crippen LogP contribution in [-0.4, -0.2) is 30.7 Å². The van der Waals surface area contributed by atoms with E-state index < -0.39 is 0 Å². The summed E-state index contributed by atoms with van der Waals surface area (Å²) in [6, 6.07) is 8.26. The number of amides is 2. The minimum atomic E-state index is -0.225. The molecule has 1 saturated carbocycles. The van der Waals surface area contributed by atoms with Crippen LogP contribution in [0.3, 0.4) is 0 Å². The number of nitrogens with zero attached hydrogens (tertiary/aromatic N) is 1. The van der Waals surface area contributed by atoms with Crippen molar-refractivity contribution in [2.24, 2.45) is 11.8 Å². The molecule has 1 aromatic carbocycles. The van der Waals surface area contributed by atoms with Gasteiger partial charge in [0.2, 0.25) is 11.8 Å². The number of rotatable bonds is 4. The molecule has 0 aromatic heterocycles. The van der Waals surface area contributed by atoms with E-state index in [1.807, 2.05) is 30.5 Å². The highest BCUT2D eigenvalue weighted by atomic mass is 32.2. The van der Waals surface area contributed by atoms with Gasteiger partial charge in [0.1, 0.15) is 0 Å². The topological polar surface area (TPSA) is 49.4 Å². The molecular formula is C19H26N2O2S. The molecule has 3 rings (SSSR count). The molecule has 0 spiro atoms. The van der Waals surface area contributed by atoms with Gasteiger partial charge < -0.3 is 10.2 Å². The second-order valence-corrected chi connectivity index (χ2v) is 7.95. The molecule has 1 unspecified atom stereocenters. The number of benzene rings is 1. The van der Waals surface area contributed by atoms with Gasteiger partial charge in [-0.1, -0.05) is 6.92 Å². The summed E-state index contributed by atoms with van der Waals surface area (Å²) in [5, 5.41) is 3.17. The van der Waals surface area contributed by atoms with Crippen molar-refractivity contribution in [3.05, 3.63) is 24.3 Å². The Labute approximate surface area is 148 Å². The smallest absolute Gasteiger partial charge is 0.227 e. The van der Waals surface area contributed by atoms with Crippen LogP contribution in [0, 0.1) is 11.8 Å². The fraction of sp³-hybridized carbons (Fsp3) is 0.579. The highest BCUT2D eigenvalue weighted by molar-refractivity contribution is 7.98. The van der Waals surface area contributed by atoms with E-state index in [0.29, 0.717) is 19.0 Å². The Bertz CT molecular complexity index is 594. The van der Waals surface area contributed by atoms with Crippen molar-refractivity contribution in [3.63, 3.8) is 0 Å². The lowest BCUT2D eigenvalue weighted by molar-refractivity contribution is -0.127. The first kappa shape index (κ1) is 17.3. The van der Waals surface area contributed by atoms with Gasteiger partial charge in [0.05, 0.1) is 5.92 Å². The monoisotopic (exact) mass is 346 g/mol. The molecule has 2 amide bonds. The van der Waals surface area contributed by atoms with Gasteiger partial charge in [-0.15, -0.1) is 11.8 Å². The van der Waals surface area contributed by atoms with E-state index in [9.17, 15) is 9.59 Å². The van der Waals surface area contributed by atoms with Crippen molar-refractivity contribution in [1.82, 2.24) is 5.32 Å². The van der Waals surface area contributed by atoms with Gasteiger partial charge in [0.25, 0.3) is 0 Å². The van der Waals surface area contributed by atoms with E-state index in [0.717, 1.165) is 24.4 Å². The average molecular weight is 346 g/mol. The lowest BCUT2D eigenvalue weighted by atomic mass is 9.87. The molecule has 1 aromatic rings. The van der Waals surface area contributed by atoms with Crippen molar-refractivity contribution >= 4 is 29.3 Å². The van der Waals surface area contributed by atoms with Gasteiger partial charge in [0.15, 0.2) is 0 Å². The Kier molecular flexibility index (Phi) is 5.49. The van der Waals surface area contributed by atoms with E-state index >= 15 is 0 Å². The number of hydrogen-bond donors (Lipinski definition) is 1. The van der Waals surface area contributed by atoms with Crippen LogP contribution in [0.1, 0.15) is 39.0 Å². The third-order valence-electron chi connectivity index (χ3n) is 5.24. The number of anilines is 1. The minimum absolute atomic E-state index is 0.0457. The predicted octanol–water partition coefficient (Wildman–Crippen LogP) is 3.46. The molecule has 5 heteroatoms. The number of nitrogens with one attached hydrogen (secondary N) is 1. The molecule has 1 heterocycles. The molecule has 0 bridgehead atoms. The maximum absolute atomic E-state index is 12.5. The van der Waals surface area contributed by atoms with E-state index in [2.05, 4.69) is 12.2 Å². The van der Waals surface area contributed by atoms with Crippen LogP contribution in [0.2, 0.25) is 0 Å². The summed E-state index contributed by atoms with van der Waals surface area (Å²) >= 11 is 1.68. The zero-order valence-electron chi connectivity index (χ0n) is 14.5. The second kappa shape index (κ2) is 7.60. The van der Waals surface area contributed by atoms with Gasteiger partial charge in [0, 0.05) is 29.6 Å². The van der Waals surface area contributed by atoms with Crippen LogP contribution in [0.4, 0.5) is 5.69 Å². The number of hydrogen-bond acceptors (Lipinski definition) is 3. The molecule has 0 radical (unpaired) electrons. The molecule has 1 aliphatic carbocycles. The molecule has 130 valence electrons. The highest BCUT2D eigenvalue weighted by Gasteiger charge is 2.36. The zero-order valence-corrected chi connectivity index (χ0v) is 15.3. The third-order valence-corrected chi connectivity index (χ3v) is 5.99. The largest absolute Gasteiger partial charge is 0.353 e. The maximum Gasteiger partial charge on any atom is 0.227 e. The standard InChI is InChI=1S/C19H26N2O2S/c1-13-3-5-15(6-4-13)20-19(23)14-11-18(22)21(12-14)16-7-9-17(24-2)10-8-16/h7-10,13-15H,3-6,11-12H2,1-2H3,(H,20,23). The van der Waals surface area contributed by atoms with Gasteiger partial charge in [-0.3, -0.25) is 9.59 Å². The zero-order chi connectivity index (χ0) is 17.1. The summed E-state index contributed by atoms with van der Waals surface area (Å²) in [6.45, 7) is 2.76. The number of carbonyl (C=O) groups excluding carboxylic acids is 2. The fourth-order valence-electron chi connectivity index (χ4n) is 3.62. The van der Waals surface area contributed by atoms with Crippen LogP contribution in [-0.2, 0) is 9.59 Å². The Balaban J connectivity index is 1.58. The number of thioether (sulfide) groups is 1. The molecule has 1 N–H and O–H groups in total. The van der Waals surface area contributed by atoms with E-state index in [4.69, 9.17) is 0 Å². The van der Waals surface area contributed by atoms with Crippen molar-refractivity contribution in [2.45, 2.75) is 50.0 Å². The molecule has 4 nitrogen and oxygen atoms in total. The van der Waals surface area contributed by atoms with Gasteiger partial charge in [-0.2, -0.15) is 0 Å². The lowest BCUT2D eigenvalue weighted by Gasteiger charge is -2.27. The van der Waals surface area contributed by atoms with Gasteiger partial charge >= 0.3 is 0 Å². The van der Waals surface area contributed by atoms with Crippen LogP contribution >= 0.6 is 11.8 Å². The van der Waals surface area contributed by atoms with Crippen LogP contribution in [0.15, 0.2) is 29.2 Å². The molecule has 24 heavy (non-hydrogen) atoms. The number of carbonyl (C=O) groups is 2. The normalized spacial score (nSPS) is 27.3. The molecule has 1 aliphatic heterocycles. The predicted molar refractivity (Wildman–Crippen MR) is 98.2 cm³/mol. The highest BCUT2D eigenvalue weighted by Crippen LogP contribution is 2.28. The first-order chi connectivity index (χ1) is 11.6. The van der Waals surface area contributed by atoms with E-state index in [1.54, 1.807) is 16.7 Å². The summed E-state index contributed by atoms with van der Waals surface area (Å²) in [7, 11) is 0. The van der Waals surface area contributed by atoms with E-state index in [-0.39, 0.29) is 17.7 Å².